The summed E-state index contributed by atoms with van der Waals surface area (Å²) in [5.41, 5.74) is 0.826. The Hall–Kier alpha value is -3.14. The maximum absolute atomic E-state index is 12.6. The number of β-lactam (4-membered cyclic amide) rings is 1. The van der Waals surface area contributed by atoms with Gasteiger partial charge in [0.15, 0.2) is 0 Å². The van der Waals surface area contributed by atoms with Crippen molar-refractivity contribution in [1.82, 2.24) is 10.2 Å². The molecule has 30 heavy (non-hydrogen) atoms. The molecule has 0 bridgehead atoms. The number of nitrogens with one attached hydrogen (secondary N) is 1. The number of Topliss-reactive ketones (excluding diaryl/α,β-unsaturated/α-hetero) is 1. The molecule has 0 spiro atoms. The number of carbonyl (C=O) groups is 5. The van der Waals surface area contributed by atoms with E-state index in [0.29, 0.717) is 0 Å². The van der Waals surface area contributed by atoms with Gasteiger partial charge >= 0.3 is 11.9 Å². The van der Waals surface area contributed by atoms with Crippen molar-refractivity contribution < 1.29 is 33.8 Å². The zero-order valence-electron chi connectivity index (χ0n) is 16.1. The van der Waals surface area contributed by atoms with Gasteiger partial charge in [0.25, 0.3) is 5.91 Å². The number of nitrogens with zero attached hydrogens (tertiary/aromatic N) is 1. The minimum absolute atomic E-state index is 0.112. The predicted molar refractivity (Wildman–Crippen MR) is 106 cm³/mol. The van der Waals surface area contributed by atoms with Crippen molar-refractivity contribution in [2.75, 3.05) is 12.4 Å². The van der Waals surface area contributed by atoms with E-state index in [2.05, 4.69) is 5.32 Å². The van der Waals surface area contributed by atoms with Crippen molar-refractivity contribution in [1.29, 1.82) is 0 Å². The monoisotopic (exact) mass is 432 g/mol. The maximum Gasteiger partial charge on any atom is 0.352 e. The van der Waals surface area contributed by atoms with E-state index < -0.39 is 35.7 Å². The highest BCUT2D eigenvalue weighted by Gasteiger charge is 2.54. The maximum atomic E-state index is 12.6. The number of carboxylic acids is 1. The number of hydrogen-bond donors (Lipinski definition) is 2. The van der Waals surface area contributed by atoms with E-state index in [0.717, 1.165) is 10.5 Å². The largest absolute Gasteiger partial charge is 0.477 e. The molecule has 1 saturated heterocycles. The first-order valence-corrected chi connectivity index (χ1v) is 10.2. The Labute approximate surface area is 176 Å². The molecular formula is C20H20N2O7S. The van der Waals surface area contributed by atoms with E-state index in [4.69, 9.17) is 4.74 Å². The van der Waals surface area contributed by atoms with Crippen LogP contribution < -0.4 is 5.32 Å². The number of aliphatic carboxylic acids is 1. The third-order valence-electron chi connectivity index (χ3n) is 4.57. The molecule has 0 radical (unpaired) electrons. The van der Waals surface area contributed by atoms with E-state index in [9.17, 15) is 29.1 Å². The third kappa shape index (κ3) is 4.70. The molecule has 10 heteroatoms. The summed E-state index contributed by atoms with van der Waals surface area (Å²) < 4.78 is 4.97. The van der Waals surface area contributed by atoms with Crippen molar-refractivity contribution >= 4 is 41.3 Å². The molecule has 9 nitrogen and oxygen atoms in total. The van der Waals surface area contributed by atoms with Crippen molar-refractivity contribution in [2.45, 2.75) is 31.2 Å². The molecule has 2 N–H and O–H groups in total. The second-order valence-electron chi connectivity index (χ2n) is 6.91. The van der Waals surface area contributed by atoms with E-state index in [-0.39, 0.29) is 41.7 Å². The van der Waals surface area contributed by atoms with Crippen LogP contribution in [-0.4, -0.2) is 63.3 Å². The van der Waals surface area contributed by atoms with Crippen LogP contribution in [0.25, 0.3) is 0 Å². The minimum Gasteiger partial charge on any atom is -0.477 e. The highest BCUT2D eigenvalue weighted by atomic mass is 32.2. The summed E-state index contributed by atoms with van der Waals surface area (Å²) in [6, 6.07) is 8.24. The smallest absolute Gasteiger partial charge is 0.352 e. The summed E-state index contributed by atoms with van der Waals surface area (Å²) in [6.45, 7) is 0.928. The van der Waals surface area contributed by atoms with Crippen LogP contribution in [0.15, 0.2) is 41.6 Å². The van der Waals surface area contributed by atoms with Gasteiger partial charge in [-0.2, -0.15) is 0 Å². The average Bonchev–Trinajstić information content (AvgIpc) is 2.69. The number of rotatable bonds is 8. The van der Waals surface area contributed by atoms with Crippen LogP contribution in [0.1, 0.15) is 18.9 Å². The normalized spacial score (nSPS) is 20.2. The first-order valence-electron chi connectivity index (χ1n) is 9.16. The first kappa shape index (κ1) is 21.6. The van der Waals surface area contributed by atoms with Gasteiger partial charge in [-0.05, 0) is 12.5 Å². The lowest BCUT2D eigenvalue weighted by Gasteiger charge is -2.49. The topological polar surface area (TPSA) is 130 Å². The van der Waals surface area contributed by atoms with Crippen molar-refractivity contribution in [3.8, 4) is 0 Å². The van der Waals surface area contributed by atoms with Gasteiger partial charge in [0.2, 0.25) is 5.91 Å². The van der Waals surface area contributed by atoms with Crippen molar-refractivity contribution in [3.05, 3.63) is 47.2 Å². The van der Waals surface area contributed by atoms with Crippen LogP contribution in [0, 0.1) is 0 Å². The van der Waals surface area contributed by atoms with E-state index in [1.165, 1.54) is 18.7 Å². The number of carbonyl (C=O) groups excluding carboxylic acids is 4. The number of fused-ring (bicyclic) bond motifs is 1. The Morgan fingerprint density at radius 1 is 1.23 bits per heavy atom. The average molecular weight is 432 g/mol. The minimum atomic E-state index is -1.32. The highest BCUT2D eigenvalue weighted by Crippen LogP contribution is 2.40. The SMILES string of the molecule is CC(=O)CC(=O)OCC1=C(C(=O)O)N2C(=O)[C@@H](NC(=O)Cc3ccccc3)[C@H]2SC1. The molecule has 2 aliphatic heterocycles. The zero-order valence-corrected chi connectivity index (χ0v) is 16.9. The molecule has 3 rings (SSSR count). The molecule has 0 aliphatic carbocycles. The van der Waals surface area contributed by atoms with Gasteiger partial charge in [-0.3, -0.25) is 24.1 Å². The summed E-state index contributed by atoms with van der Waals surface area (Å²) in [7, 11) is 0. The number of esters is 1. The molecule has 0 aromatic heterocycles. The van der Waals surface area contributed by atoms with E-state index in [1.807, 2.05) is 18.2 Å². The highest BCUT2D eigenvalue weighted by molar-refractivity contribution is 8.00. The van der Waals surface area contributed by atoms with Gasteiger partial charge < -0.3 is 15.2 Å². The summed E-state index contributed by atoms with van der Waals surface area (Å²) >= 11 is 1.28. The zero-order chi connectivity index (χ0) is 21.8. The van der Waals surface area contributed by atoms with Crippen LogP contribution in [-0.2, 0) is 35.1 Å². The molecule has 1 aromatic rings. The fraction of sp³-hybridized carbons (Fsp3) is 0.350. The summed E-state index contributed by atoms with van der Waals surface area (Å²) in [6.07, 6.45) is -0.287. The number of ketones is 1. The van der Waals surface area contributed by atoms with Gasteiger partial charge in [0.1, 0.15) is 35.9 Å². The molecule has 2 amide bonds. The lowest BCUT2D eigenvalue weighted by molar-refractivity contribution is -0.151. The summed E-state index contributed by atoms with van der Waals surface area (Å²) in [4.78, 5) is 60.2. The van der Waals surface area contributed by atoms with Gasteiger partial charge in [-0.25, -0.2) is 4.79 Å². The first-order chi connectivity index (χ1) is 14.3. The molecule has 2 aliphatic rings. The molecular weight excluding hydrogens is 412 g/mol. The van der Waals surface area contributed by atoms with E-state index in [1.54, 1.807) is 12.1 Å². The Morgan fingerprint density at radius 2 is 1.93 bits per heavy atom. The molecule has 2 atom stereocenters. The fourth-order valence-corrected chi connectivity index (χ4v) is 4.55. The standard InChI is InChI=1S/C20H20N2O7S/c1-11(23)7-15(25)29-9-13-10-30-19-16(18(26)22(19)17(13)20(27)28)21-14(24)8-12-5-3-2-4-6-12/h2-6,16,19H,7-10H2,1H3,(H,21,24)(H,27,28)/t16-,19-/m1/s1. The van der Waals surface area contributed by atoms with Gasteiger partial charge in [0.05, 0.1) is 6.42 Å². The second kappa shape index (κ2) is 9.12. The van der Waals surface area contributed by atoms with Crippen LogP contribution in [0.5, 0.6) is 0 Å². The second-order valence-corrected chi connectivity index (χ2v) is 8.02. The van der Waals surface area contributed by atoms with Gasteiger partial charge in [-0.1, -0.05) is 30.3 Å². The number of benzene rings is 1. The quantitative estimate of drug-likeness (QED) is 0.345. The number of ether oxygens (including phenoxy) is 1. The predicted octanol–water partition coefficient (Wildman–Crippen LogP) is 0.490. The molecule has 2 heterocycles. The van der Waals surface area contributed by atoms with Crippen molar-refractivity contribution in [2.24, 2.45) is 0 Å². The molecule has 0 unspecified atom stereocenters. The number of thioether (sulfide) groups is 1. The molecule has 158 valence electrons. The lowest BCUT2D eigenvalue weighted by atomic mass is 10.0. The van der Waals surface area contributed by atoms with Crippen LogP contribution in [0.3, 0.4) is 0 Å². The fourth-order valence-electron chi connectivity index (χ4n) is 3.22. The van der Waals surface area contributed by atoms with Gasteiger partial charge in [0, 0.05) is 11.3 Å². The number of amides is 2. The third-order valence-corrected chi connectivity index (χ3v) is 5.91. The Morgan fingerprint density at radius 3 is 2.57 bits per heavy atom. The Bertz CT molecular complexity index is 928. The lowest BCUT2D eigenvalue weighted by Crippen LogP contribution is -2.70. The van der Waals surface area contributed by atoms with E-state index >= 15 is 0 Å². The molecule has 1 fully saturated rings. The molecule has 0 saturated carbocycles. The van der Waals surface area contributed by atoms with Crippen LogP contribution in [0.4, 0.5) is 0 Å². The Kier molecular flexibility index (Phi) is 6.56. The van der Waals surface area contributed by atoms with Gasteiger partial charge in [-0.15, -0.1) is 11.8 Å². The van der Waals surface area contributed by atoms with Crippen LogP contribution in [0.2, 0.25) is 0 Å². The molecule has 1 aromatic carbocycles. The Balaban J connectivity index is 1.65. The number of hydrogen-bond acceptors (Lipinski definition) is 7. The number of carboxylic acid groups (broad SMARTS) is 1. The van der Waals surface area contributed by atoms with Crippen LogP contribution >= 0.6 is 11.8 Å². The summed E-state index contributed by atoms with van der Waals surface area (Å²) in [5, 5.41) is 11.7. The summed E-state index contributed by atoms with van der Waals surface area (Å²) in [5.74, 6) is -3.08. The van der Waals surface area contributed by atoms with Crippen molar-refractivity contribution in [3.63, 3.8) is 0 Å².